The van der Waals surface area contributed by atoms with E-state index in [-0.39, 0.29) is 11.3 Å². The average Bonchev–Trinajstić information content (AvgIpc) is 2.13. The van der Waals surface area contributed by atoms with Crippen LogP contribution in [0.2, 0.25) is 0 Å². The van der Waals surface area contributed by atoms with Crippen molar-refractivity contribution in [3.63, 3.8) is 0 Å². The van der Waals surface area contributed by atoms with Crippen molar-refractivity contribution in [2.75, 3.05) is 11.5 Å². The van der Waals surface area contributed by atoms with Crippen LogP contribution in [0, 0.1) is 0 Å². The Kier molecular flexibility index (Phi) is 2.96. The predicted octanol–water partition coefficient (Wildman–Crippen LogP) is 1.50. The van der Waals surface area contributed by atoms with E-state index >= 15 is 0 Å². The molecule has 1 rings (SSSR count). The molecule has 0 aliphatic rings. The fourth-order valence-corrected chi connectivity index (χ4v) is 1.36. The maximum absolute atomic E-state index is 10.7. The van der Waals surface area contributed by atoms with Crippen molar-refractivity contribution in [3.8, 4) is 0 Å². The van der Waals surface area contributed by atoms with Gasteiger partial charge in [-0.15, -0.1) is 0 Å². The summed E-state index contributed by atoms with van der Waals surface area (Å²) in [5.74, 6) is -1.04. The number of carbonyl (C=O) groups is 1. The zero-order chi connectivity index (χ0) is 10.7. The summed E-state index contributed by atoms with van der Waals surface area (Å²) in [6, 6.07) is 3.22. The van der Waals surface area contributed by atoms with Crippen LogP contribution in [-0.2, 0) is 6.42 Å². The maximum Gasteiger partial charge on any atom is 0.337 e. The minimum atomic E-state index is -1.04. The van der Waals surface area contributed by atoms with Crippen LogP contribution >= 0.6 is 0 Å². The molecule has 0 radical (unpaired) electrons. The van der Waals surface area contributed by atoms with E-state index in [0.717, 1.165) is 18.4 Å². The monoisotopic (exact) mass is 194 g/mol. The van der Waals surface area contributed by atoms with Crippen molar-refractivity contribution in [1.29, 1.82) is 0 Å². The Morgan fingerprint density at radius 2 is 2.00 bits per heavy atom. The van der Waals surface area contributed by atoms with Crippen LogP contribution in [0.1, 0.15) is 29.3 Å². The average molecular weight is 194 g/mol. The standard InChI is InChI=1S/C10H14N2O2/c1-2-3-6-4-5-7(10(13)14)9(12)8(6)11/h4-5H,2-3,11-12H2,1H3,(H,13,14). The molecule has 0 aliphatic heterocycles. The molecule has 5 N–H and O–H groups in total. The van der Waals surface area contributed by atoms with Gasteiger partial charge < -0.3 is 16.6 Å². The molecule has 1 aromatic carbocycles. The van der Waals surface area contributed by atoms with Crippen LogP contribution in [0.4, 0.5) is 11.4 Å². The molecule has 14 heavy (non-hydrogen) atoms. The lowest BCUT2D eigenvalue weighted by atomic mass is 10.0. The second-order valence-electron chi connectivity index (χ2n) is 3.15. The molecule has 0 amide bonds. The first-order valence-electron chi connectivity index (χ1n) is 4.48. The van der Waals surface area contributed by atoms with Crippen LogP contribution < -0.4 is 11.5 Å². The topological polar surface area (TPSA) is 89.3 Å². The number of hydrogen-bond donors (Lipinski definition) is 3. The van der Waals surface area contributed by atoms with E-state index < -0.39 is 5.97 Å². The Labute approximate surface area is 82.5 Å². The molecule has 76 valence electrons. The summed E-state index contributed by atoms with van der Waals surface area (Å²) in [6.07, 6.45) is 1.77. The number of hydrogen-bond acceptors (Lipinski definition) is 3. The molecular formula is C10H14N2O2. The summed E-state index contributed by atoms with van der Waals surface area (Å²) in [5, 5.41) is 8.78. The normalized spacial score (nSPS) is 10.1. The van der Waals surface area contributed by atoms with Gasteiger partial charge in [-0.3, -0.25) is 0 Å². The van der Waals surface area contributed by atoms with Crippen molar-refractivity contribution in [3.05, 3.63) is 23.3 Å². The van der Waals surface area contributed by atoms with Gasteiger partial charge in [-0.25, -0.2) is 4.79 Å². The SMILES string of the molecule is CCCc1ccc(C(=O)O)c(N)c1N. The van der Waals surface area contributed by atoms with E-state index in [0.29, 0.717) is 5.69 Å². The first-order chi connectivity index (χ1) is 6.57. The number of aromatic carboxylic acids is 1. The van der Waals surface area contributed by atoms with Crippen LogP contribution in [0.5, 0.6) is 0 Å². The van der Waals surface area contributed by atoms with Gasteiger partial charge in [0.05, 0.1) is 16.9 Å². The van der Waals surface area contributed by atoms with Crippen LogP contribution in [0.25, 0.3) is 0 Å². The number of nitrogen functional groups attached to an aromatic ring is 2. The molecule has 0 aromatic heterocycles. The summed E-state index contributed by atoms with van der Waals surface area (Å²) in [4.78, 5) is 10.7. The molecule has 0 atom stereocenters. The number of anilines is 2. The fraction of sp³-hybridized carbons (Fsp3) is 0.300. The summed E-state index contributed by atoms with van der Waals surface area (Å²) in [7, 11) is 0. The van der Waals surface area contributed by atoms with Crippen LogP contribution in [0.15, 0.2) is 12.1 Å². The Hall–Kier alpha value is -1.71. The number of carboxylic acid groups (broad SMARTS) is 1. The third-order valence-corrected chi connectivity index (χ3v) is 2.13. The van der Waals surface area contributed by atoms with Crippen molar-refractivity contribution in [2.24, 2.45) is 0 Å². The zero-order valence-corrected chi connectivity index (χ0v) is 8.08. The molecule has 1 aromatic rings. The van der Waals surface area contributed by atoms with Gasteiger partial charge in [-0.2, -0.15) is 0 Å². The minimum Gasteiger partial charge on any atom is -0.478 e. The predicted molar refractivity (Wildman–Crippen MR) is 56.2 cm³/mol. The first-order valence-corrected chi connectivity index (χ1v) is 4.48. The maximum atomic E-state index is 10.7. The zero-order valence-electron chi connectivity index (χ0n) is 8.08. The minimum absolute atomic E-state index is 0.0716. The van der Waals surface area contributed by atoms with Gasteiger partial charge in [0, 0.05) is 0 Å². The number of aryl methyl sites for hydroxylation is 1. The highest BCUT2D eigenvalue weighted by Crippen LogP contribution is 2.25. The molecule has 0 spiro atoms. The van der Waals surface area contributed by atoms with Gasteiger partial charge in [-0.1, -0.05) is 19.4 Å². The first kappa shape index (κ1) is 10.4. The molecule has 0 heterocycles. The van der Waals surface area contributed by atoms with Gasteiger partial charge in [0.15, 0.2) is 0 Å². The largest absolute Gasteiger partial charge is 0.478 e. The second kappa shape index (κ2) is 4.00. The summed E-state index contributed by atoms with van der Waals surface area (Å²) >= 11 is 0. The summed E-state index contributed by atoms with van der Waals surface area (Å²) in [5.41, 5.74) is 12.9. The lowest BCUT2D eigenvalue weighted by Gasteiger charge is -2.09. The van der Waals surface area contributed by atoms with Crippen molar-refractivity contribution >= 4 is 17.3 Å². The van der Waals surface area contributed by atoms with Crippen LogP contribution in [-0.4, -0.2) is 11.1 Å². The van der Waals surface area contributed by atoms with Gasteiger partial charge >= 0.3 is 5.97 Å². The summed E-state index contributed by atoms with van der Waals surface area (Å²) in [6.45, 7) is 2.03. The van der Waals surface area contributed by atoms with Crippen molar-refractivity contribution in [2.45, 2.75) is 19.8 Å². The third kappa shape index (κ3) is 1.79. The highest BCUT2D eigenvalue weighted by Gasteiger charge is 2.12. The van der Waals surface area contributed by atoms with E-state index in [2.05, 4.69) is 0 Å². The third-order valence-electron chi connectivity index (χ3n) is 2.13. The lowest BCUT2D eigenvalue weighted by molar-refractivity contribution is 0.0698. The summed E-state index contributed by atoms with van der Waals surface area (Å²) < 4.78 is 0. The smallest absolute Gasteiger partial charge is 0.337 e. The highest BCUT2D eigenvalue weighted by molar-refractivity contribution is 5.97. The Morgan fingerprint density at radius 3 is 2.50 bits per heavy atom. The second-order valence-corrected chi connectivity index (χ2v) is 3.15. The van der Waals surface area contributed by atoms with Gasteiger partial charge in [0.2, 0.25) is 0 Å². The van der Waals surface area contributed by atoms with E-state index in [1.54, 1.807) is 6.07 Å². The molecule has 0 bridgehead atoms. The lowest BCUT2D eigenvalue weighted by Crippen LogP contribution is -2.07. The van der Waals surface area contributed by atoms with E-state index in [9.17, 15) is 4.79 Å². The van der Waals surface area contributed by atoms with Crippen molar-refractivity contribution in [1.82, 2.24) is 0 Å². The number of nitrogens with two attached hydrogens (primary N) is 2. The molecule has 0 saturated heterocycles. The molecule has 4 nitrogen and oxygen atoms in total. The van der Waals surface area contributed by atoms with Gasteiger partial charge in [-0.05, 0) is 18.1 Å². The molecule has 0 aliphatic carbocycles. The van der Waals surface area contributed by atoms with E-state index in [4.69, 9.17) is 16.6 Å². The Bertz CT molecular complexity index is 361. The van der Waals surface area contributed by atoms with Gasteiger partial charge in [0.1, 0.15) is 0 Å². The van der Waals surface area contributed by atoms with E-state index in [1.165, 1.54) is 6.07 Å². The Balaban J connectivity index is 3.19. The van der Waals surface area contributed by atoms with Crippen molar-refractivity contribution < 1.29 is 9.90 Å². The molecule has 0 unspecified atom stereocenters. The fourth-order valence-electron chi connectivity index (χ4n) is 1.36. The van der Waals surface area contributed by atoms with Crippen LogP contribution in [0.3, 0.4) is 0 Å². The Morgan fingerprint density at radius 1 is 1.36 bits per heavy atom. The number of carboxylic acids is 1. The number of rotatable bonds is 3. The van der Waals surface area contributed by atoms with E-state index in [1.807, 2.05) is 6.92 Å². The quantitative estimate of drug-likeness (QED) is 0.636. The molecule has 4 heteroatoms. The molecule has 0 saturated carbocycles. The molecular weight excluding hydrogens is 180 g/mol. The number of benzene rings is 1. The van der Waals surface area contributed by atoms with Gasteiger partial charge in [0.25, 0.3) is 0 Å². The highest BCUT2D eigenvalue weighted by atomic mass is 16.4. The molecule has 0 fully saturated rings.